The summed E-state index contributed by atoms with van der Waals surface area (Å²) in [5.41, 5.74) is 1.45. The molecule has 1 aromatic heterocycles. The predicted molar refractivity (Wildman–Crippen MR) is 95.5 cm³/mol. The molecule has 0 amide bonds. The molecule has 0 radical (unpaired) electrons. The first-order valence-electron chi connectivity index (χ1n) is 7.20. The largest absolute Gasteiger partial charge is 0.496 e. The number of nitro groups is 1. The molecular formula is C16H13N5O3S. The first-order valence-corrected chi connectivity index (χ1v) is 7.60. The van der Waals surface area contributed by atoms with Gasteiger partial charge in [0.05, 0.1) is 23.8 Å². The van der Waals surface area contributed by atoms with E-state index in [1.165, 1.54) is 16.8 Å². The summed E-state index contributed by atoms with van der Waals surface area (Å²) in [6.07, 6.45) is 1.55. The van der Waals surface area contributed by atoms with Gasteiger partial charge in [0.2, 0.25) is 4.77 Å². The minimum absolute atomic E-state index is 0.0202. The number of hydrogen-bond acceptors (Lipinski definition) is 6. The van der Waals surface area contributed by atoms with Crippen LogP contribution in [0.4, 0.5) is 5.69 Å². The number of aromatic nitrogens is 3. The van der Waals surface area contributed by atoms with Crippen molar-refractivity contribution in [2.75, 3.05) is 7.11 Å². The molecule has 3 rings (SSSR count). The maximum absolute atomic E-state index is 10.7. The molecule has 0 aliphatic heterocycles. The minimum Gasteiger partial charge on any atom is -0.496 e. The van der Waals surface area contributed by atoms with Gasteiger partial charge in [-0.05, 0) is 42.0 Å². The highest BCUT2D eigenvalue weighted by Gasteiger charge is 2.12. The molecule has 2 aromatic carbocycles. The van der Waals surface area contributed by atoms with Crippen molar-refractivity contribution < 1.29 is 9.66 Å². The zero-order chi connectivity index (χ0) is 17.8. The van der Waals surface area contributed by atoms with Crippen LogP contribution in [0.5, 0.6) is 5.75 Å². The van der Waals surface area contributed by atoms with Gasteiger partial charge in [0.1, 0.15) is 5.75 Å². The van der Waals surface area contributed by atoms with E-state index < -0.39 is 4.92 Å². The number of benzene rings is 2. The van der Waals surface area contributed by atoms with Gasteiger partial charge in [-0.25, -0.2) is 5.10 Å². The highest BCUT2D eigenvalue weighted by molar-refractivity contribution is 7.71. The molecule has 0 saturated heterocycles. The number of aromatic amines is 1. The van der Waals surface area contributed by atoms with Crippen LogP contribution in [0.2, 0.25) is 0 Å². The van der Waals surface area contributed by atoms with Gasteiger partial charge >= 0.3 is 0 Å². The summed E-state index contributed by atoms with van der Waals surface area (Å²) in [6, 6.07) is 13.4. The SMILES string of the molecule is COc1ccccc1-c1n[nH]c(=S)n1/N=C\c1ccc([N+](=O)[O-])cc1. The Balaban J connectivity index is 1.97. The van der Waals surface area contributed by atoms with Crippen molar-refractivity contribution in [3.8, 4) is 17.1 Å². The Morgan fingerprint density at radius 1 is 1.28 bits per heavy atom. The van der Waals surface area contributed by atoms with Gasteiger partial charge in [0.25, 0.3) is 5.69 Å². The standard InChI is InChI=1S/C16H13N5O3S/c1-24-14-5-3-2-4-13(14)15-18-19-16(25)20(15)17-10-11-6-8-12(9-7-11)21(22)23/h2-10H,1H3,(H,19,25)/b17-10-. The number of para-hydroxylation sites is 1. The predicted octanol–water partition coefficient (Wildman–Crippen LogP) is 3.41. The van der Waals surface area contributed by atoms with E-state index in [0.29, 0.717) is 21.9 Å². The Hall–Kier alpha value is -3.33. The van der Waals surface area contributed by atoms with E-state index in [4.69, 9.17) is 17.0 Å². The van der Waals surface area contributed by atoms with Gasteiger partial charge in [-0.3, -0.25) is 10.1 Å². The quantitative estimate of drug-likeness (QED) is 0.327. The topological polar surface area (TPSA) is 98.3 Å². The smallest absolute Gasteiger partial charge is 0.269 e. The van der Waals surface area contributed by atoms with Crippen LogP contribution >= 0.6 is 12.2 Å². The maximum atomic E-state index is 10.7. The Morgan fingerprint density at radius 3 is 2.68 bits per heavy atom. The minimum atomic E-state index is -0.452. The van der Waals surface area contributed by atoms with Crippen LogP contribution in [-0.4, -0.2) is 33.1 Å². The van der Waals surface area contributed by atoms with Crippen LogP contribution in [0.3, 0.4) is 0 Å². The molecule has 0 aliphatic carbocycles. The maximum Gasteiger partial charge on any atom is 0.269 e. The van der Waals surface area contributed by atoms with E-state index in [-0.39, 0.29) is 5.69 Å². The summed E-state index contributed by atoms with van der Waals surface area (Å²) in [5.74, 6) is 1.14. The molecule has 0 saturated carbocycles. The van der Waals surface area contributed by atoms with Crippen LogP contribution in [-0.2, 0) is 0 Å². The second-order valence-corrected chi connectivity index (χ2v) is 5.34. The van der Waals surface area contributed by atoms with Crippen molar-refractivity contribution in [2.45, 2.75) is 0 Å². The average Bonchev–Trinajstić information content (AvgIpc) is 3.00. The lowest BCUT2D eigenvalue weighted by Gasteiger charge is -2.06. The monoisotopic (exact) mass is 355 g/mol. The Bertz CT molecular complexity index is 992. The molecule has 1 heterocycles. The van der Waals surface area contributed by atoms with Crippen molar-refractivity contribution in [3.63, 3.8) is 0 Å². The van der Waals surface area contributed by atoms with E-state index >= 15 is 0 Å². The molecule has 0 aliphatic rings. The number of methoxy groups -OCH3 is 1. The second-order valence-electron chi connectivity index (χ2n) is 4.96. The molecule has 3 aromatic rings. The third-order valence-corrected chi connectivity index (χ3v) is 3.69. The lowest BCUT2D eigenvalue weighted by Crippen LogP contribution is -1.97. The number of non-ortho nitro benzene ring substituents is 1. The van der Waals surface area contributed by atoms with Gasteiger partial charge in [-0.2, -0.15) is 14.9 Å². The van der Waals surface area contributed by atoms with Crippen molar-refractivity contribution in [2.24, 2.45) is 5.10 Å². The zero-order valence-electron chi connectivity index (χ0n) is 13.1. The van der Waals surface area contributed by atoms with Gasteiger partial charge in [0, 0.05) is 12.1 Å². The fourth-order valence-corrected chi connectivity index (χ4v) is 2.39. The molecule has 9 heteroatoms. The van der Waals surface area contributed by atoms with E-state index in [1.54, 1.807) is 25.5 Å². The summed E-state index contributed by atoms with van der Waals surface area (Å²) >= 11 is 5.22. The molecule has 0 atom stereocenters. The number of hydrogen-bond donors (Lipinski definition) is 1. The number of rotatable bonds is 5. The van der Waals surface area contributed by atoms with Crippen molar-refractivity contribution in [1.29, 1.82) is 0 Å². The number of H-pyrrole nitrogens is 1. The molecule has 0 bridgehead atoms. The normalized spacial score (nSPS) is 10.9. The van der Waals surface area contributed by atoms with Crippen molar-refractivity contribution in [1.82, 2.24) is 14.9 Å². The summed E-state index contributed by atoms with van der Waals surface area (Å²) in [5, 5.41) is 21.9. The summed E-state index contributed by atoms with van der Waals surface area (Å²) in [6.45, 7) is 0. The lowest BCUT2D eigenvalue weighted by atomic mass is 10.2. The highest BCUT2D eigenvalue weighted by atomic mass is 32.1. The summed E-state index contributed by atoms with van der Waals surface area (Å²) < 4.78 is 7.13. The number of nitro benzene ring substituents is 1. The highest BCUT2D eigenvalue weighted by Crippen LogP contribution is 2.28. The molecule has 0 spiro atoms. The third kappa shape index (κ3) is 3.45. The van der Waals surface area contributed by atoms with Crippen molar-refractivity contribution >= 4 is 24.1 Å². The van der Waals surface area contributed by atoms with Gasteiger partial charge in [0.15, 0.2) is 5.82 Å². The second kappa shape index (κ2) is 7.05. The lowest BCUT2D eigenvalue weighted by molar-refractivity contribution is -0.384. The van der Waals surface area contributed by atoms with E-state index in [9.17, 15) is 10.1 Å². The van der Waals surface area contributed by atoms with E-state index in [0.717, 1.165) is 5.56 Å². The molecular weight excluding hydrogens is 342 g/mol. The number of nitrogens with zero attached hydrogens (tertiary/aromatic N) is 4. The fourth-order valence-electron chi connectivity index (χ4n) is 2.21. The Kier molecular flexibility index (Phi) is 4.66. The first kappa shape index (κ1) is 16.5. The Labute approximate surface area is 147 Å². The molecule has 126 valence electrons. The molecule has 8 nitrogen and oxygen atoms in total. The zero-order valence-corrected chi connectivity index (χ0v) is 13.9. The van der Waals surface area contributed by atoms with Crippen LogP contribution in [0.25, 0.3) is 11.4 Å². The number of ether oxygens (including phenoxy) is 1. The van der Waals surface area contributed by atoms with Crippen LogP contribution in [0.15, 0.2) is 53.6 Å². The van der Waals surface area contributed by atoms with Crippen LogP contribution in [0, 0.1) is 14.9 Å². The van der Waals surface area contributed by atoms with Crippen LogP contribution < -0.4 is 4.74 Å². The van der Waals surface area contributed by atoms with Crippen LogP contribution in [0.1, 0.15) is 5.56 Å². The van der Waals surface area contributed by atoms with E-state index in [1.807, 2.05) is 24.3 Å². The summed E-state index contributed by atoms with van der Waals surface area (Å²) in [4.78, 5) is 10.2. The molecule has 0 unspecified atom stereocenters. The molecule has 1 N–H and O–H groups in total. The summed E-state index contributed by atoms with van der Waals surface area (Å²) in [7, 11) is 1.57. The van der Waals surface area contributed by atoms with Crippen molar-refractivity contribution in [3.05, 3.63) is 69.0 Å². The first-order chi connectivity index (χ1) is 12.1. The van der Waals surface area contributed by atoms with E-state index in [2.05, 4.69) is 15.3 Å². The Morgan fingerprint density at radius 2 is 2.00 bits per heavy atom. The van der Waals surface area contributed by atoms with Gasteiger partial charge < -0.3 is 4.74 Å². The average molecular weight is 355 g/mol. The number of nitrogens with one attached hydrogen (secondary N) is 1. The third-order valence-electron chi connectivity index (χ3n) is 3.42. The van der Waals surface area contributed by atoms with Gasteiger partial charge in [-0.1, -0.05) is 12.1 Å². The van der Waals surface area contributed by atoms with Gasteiger partial charge in [-0.15, -0.1) is 0 Å². The fraction of sp³-hybridized carbons (Fsp3) is 0.0625. The molecule has 25 heavy (non-hydrogen) atoms. The molecule has 0 fully saturated rings.